The molecule has 4 heteroatoms. The SMILES string of the molecule is CNC(=O)CC1CCOC(C)(C)O1. The van der Waals surface area contributed by atoms with Crippen molar-refractivity contribution < 1.29 is 14.3 Å². The molecule has 1 heterocycles. The van der Waals surface area contributed by atoms with Crippen molar-refractivity contribution in [2.75, 3.05) is 13.7 Å². The van der Waals surface area contributed by atoms with E-state index in [1.165, 1.54) is 0 Å². The maximum absolute atomic E-state index is 11.1. The van der Waals surface area contributed by atoms with Crippen LogP contribution in [0.3, 0.4) is 0 Å². The maximum Gasteiger partial charge on any atom is 0.222 e. The largest absolute Gasteiger partial charge is 0.359 e. The number of carbonyl (C=O) groups is 1. The lowest BCUT2D eigenvalue weighted by atomic mass is 10.1. The number of nitrogens with one attached hydrogen (secondary N) is 1. The zero-order valence-electron chi connectivity index (χ0n) is 8.42. The molecule has 1 aliphatic rings. The molecular formula is C9H17NO3. The molecule has 0 aromatic heterocycles. The standard InChI is InChI=1S/C9H17NO3/c1-9(2)12-5-4-7(13-9)6-8(11)10-3/h7H,4-6H2,1-3H3,(H,10,11). The second kappa shape index (κ2) is 4.07. The Balaban J connectivity index is 2.39. The Morgan fingerprint density at radius 1 is 1.62 bits per heavy atom. The second-order valence-corrected chi connectivity index (χ2v) is 3.65. The van der Waals surface area contributed by atoms with Gasteiger partial charge in [0, 0.05) is 7.05 Å². The van der Waals surface area contributed by atoms with Crippen LogP contribution in [0.25, 0.3) is 0 Å². The van der Waals surface area contributed by atoms with E-state index >= 15 is 0 Å². The molecule has 1 fully saturated rings. The van der Waals surface area contributed by atoms with E-state index in [9.17, 15) is 4.79 Å². The highest BCUT2D eigenvalue weighted by Crippen LogP contribution is 2.23. The zero-order valence-corrected chi connectivity index (χ0v) is 8.42. The Bertz CT molecular complexity index is 191. The van der Waals surface area contributed by atoms with E-state index in [0.717, 1.165) is 6.42 Å². The zero-order chi connectivity index (χ0) is 9.90. The molecule has 0 aromatic carbocycles. The Labute approximate surface area is 78.6 Å². The fourth-order valence-corrected chi connectivity index (χ4v) is 1.38. The molecule has 1 rings (SSSR count). The normalized spacial score (nSPS) is 26.8. The molecule has 1 saturated heterocycles. The van der Waals surface area contributed by atoms with Gasteiger partial charge in [0.05, 0.1) is 19.1 Å². The van der Waals surface area contributed by atoms with Gasteiger partial charge < -0.3 is 14.8 Å². The van der Waals surface area contributed by atoms with Crippen molar-refractivity contribution in [3.8, 4) is 0 Å². The summed E-state index contributed by atoms with van der Waals surface area (Å²) >= 11 is 0. The minimum Gasteiger partial charge on any atom is -0.359 e. The molecule has 0 radical (unpaired) electrons. The predicted octanol–water partition coefficient (Wildman–Crippen LogP) is 0.664. The van der Waals surface area contributed by atoms with Crippen molar-refractivity contribution in [1.29, 1.82) is 0 Å². The smallest absolute Gasteiger partial charge is 0.222 e. The van der Waals surface area contributed by atoms with E-state index in [4.69, 9.17) is 9.47 Å². The van der Waals surface area contributed by atoms with Crippen molar-refractivity contribution in [2.24, 2.45) is 0 Å². The van der Waals surface area contributed by atoms with Crippen LogP contribution in [0.15, 0.2) is 0 Å². The van der Waals surface area contributed by atoms with Gasteiger partial charge in [0.15, 0.2) is 5.79 Å². The maximum atomic E-state index is 11.1. The van der Waals surface area contributed by atoms with Gasteiger partial charge in [-0.2, -0.15) is 0 Å². The van der Waals surface area contributed by atoms with Crippen molar-refractivity contribution in [1.82, 2.24) is 5.32 Å². The van der Waals surface area contributed by atoms with E-state index in [0.29, 0.717) is 13.0 Å². The minimum atomic E-state index is -0.545. The highest BCUT2D eigenvalue weighted by atomic mass is 16.7. The Morgan fingerprint density at radius 3 is 2.85 bits per heavy atom. The summed E-state index contributed by atoms with van der Waals surface area (Å²) in [4.78, 5) is 11.1. The highest BCUT2D eigenvalue weighted by Gasteiger charge is 2.30. The number of hydrogen-bond acceptors (Lipinski definition) is 3. The molecule has 0 bridgehead atoms. The first kappa shape index (κ1) is 10.5. The Kier molecular flexibility index (Phi) is 3.27. The van der Waals surface area contributed by atoms with Crippen molar-refractivity contribution in [3.63, 3.8) is 0 Å². The van der Waals surface area contributed by atoms with E-state index in [-0.39, 0.29) is 12.0 Å². The second-order valence-electron chi connectivity index (χ2n) is 3.65. The fraction of sp³-hybridized carbons (Fsp3) is 0.889. The van der Waals surface area contributed by atoms with Crippen LogP contribution in [0.4, 0.5) is 0 Å². The fourth-order valence-electron chi connectivity index (χ4n) is 1.38. The molecule has 1 unspecified atom stereocenters. The molecule has 4 nitrogen and oxygen atoms in total. The van der Waals surface area contributed by atoms with Crippen LogP contribution in [0.1, 0.15) is 26.7 Å². The van der Waals surface area contributed by atoms with Gasteiger partial charge in [0.25, 0.3) is 0 Å². The van der Waals surface area contributed by atoms with Crippen molar-refractivity contribution >= 4 is 5.91 Å². The van der Waals surface area contributed by atoms with Gasteiger partial charge >= 0.3 is 0 Å². The van der Waals surface area contributed by atoms with Gasteiger partial charge in [0.2, 0.25) is 5.91 Å². The molecule has 13 heavy (non-hydrogen) atoms. The topological polar surface area (TPSA) is 47.6 Å². The summed E-state index contributed by atoms with van der Waals surface area (Å²) < 4.78 is 10.9. The molecule has 0 aliphatic carbocycles. The number of rotatable bonds is 2. The van der Waals surface area contributed by atoms with Crippen LogP contribution in [0.2, 0.25) is 0 Å². The Hall–Kier alpha value is -0.610. The average molecular weight is 187 g/mol. The molecule has 1 N–H and O–H groups in total. The predicted molar refractivity (Wildman–Crippen MR) is 48.2 cm³/mol. The number of hydrogen-bond donors (Lipinski definition) is 1. The summed E-state index contributed by atoms with van der Waals surface area (Å²) in [5.74, 6) is -0.528. The molecule has 0 saturated carbocycles. The molecular weight excluding hydrogens is 170 g/mol. The summed E-state index contributed by atoms with van der Waals surface area (Å²) in [7, 11) is 1.63. The first-order valence-corrected chi connectivity index (χ1v) is 4.56. The van der Waals surface area contributed by atoms with Crippen LogP contribution < -0.4 is 5.32 Å². The van der Waals surface area contributed by atoms with E-state index < -0.39 is 5.79 Å². The van der Waals surface area contributed by atoms with E-state index in [2.05, 4.69) is 5.32 Å². The van der Waals surface area contributed by atoms with Crippen molar-refractivity contribution in [3.05, 3.63) is 0 Å². The van der Waals surface area contributed by atoms with Crippen LogP contribution in [-0.2, 0) is 14.3 Å². The third kappa shape index (κ3) is 3.32. The lowest BCUT2D eigenvalue weighted by molar-refractivity contribution is -0.272. The number of carbonyl (C=O) groups excluding carboxylic acids is 1. The summed E-state index contributed by atoms with van der Waals surface area (Å²) in [5, 5.41) is 2.58. The summed E-state index contributed by atoms with van der Waals surface area (Å²) in [6.07, 6.45) is 1.20. The van der Waals surface area contributed by atoms with Gasteiger partial charge in [-0.15, -0.1) is 0 Å². The molecule has 76 valence electrons. The third-order valence-corrected chi connectivity index (χ3v) is 2.03. The quantitative estimate of drug-likeness (QED) is 0.691. The number of amides is 1. The lowest BCUT2D eigenvalue weighted by Crippen LogP contribution is -2.41. The molecule has 1 atom stereocenters. The Morgan fingerprint density at radius 2 is 2.31 bits per heavy atom. The first-order chi connectivity index (χ1) is 6.03. The lowest BCUT2D eigenvalue weighted by Gasteiger charge is -2.35. The molecule has 1 amide bonds. The third-order valence-electron chi connectivity index (χ3n) is 2.03. The molecule has 0 aromatic rings. The minimum absolute atomic E-state index is 0.0105. The van der Waals surface area contributed by atoms with E-state index in [1.807, 2.05) is 13.8 Å². The summed E-state index contributed by atoms with van der Waals surface area (Å²) in [5.41, 5.74) is 0. The van der Waals surface area contributed by atoms with Gasteiger partial charge in [-0.3, -0.25) is 4.79 Å². The van der Waals surface area contributed by atoms with Crippen LogP contribution in [0, 0.1) is 0 Å². The van der Waals surface area contributed by atoms with Crippen molar-refractivity contribution in [2.45, 2.75) is 38.6 Å². The monoisotopic (exact) mass is 187 g/mol. The van der Waals surface area contributed by atoms with Crippen LogP contribution in [-0.4, -0.2) is 31.5 Å². The van der Waals surface area contributed by atoms with Gasteiger partial charge in [-0.05, 0) is 20.3 Å². The van der Waals surface area contributed by atoms with Crippen LogP contribution in [0.5, 0.6) is 0 Å². The summed E-state index contributed by atoms with van der Waals surface area (Å²) in [6, 6.07) is 0. The first-order valence-electron chi connectivity index (χ1n) is 4.56. The average Bonchev–Trinajstić information content (AvgIpc) is 2.02. The molecule has 1 aliphatic heterocycles. The van der Waals surface area contributed by atoms with Crippen LogP contribution >= 0.6 is 0 Å². The highest BCUT2D eigenvalue weighted by molar-refractivity contribution is 5.76. The van der Waals surface area contributed by atoms with Gasteiger partial charge in [-0.25, -0.2) is 0 Å². The van der Waals surface area contributed by atoms with Gasteiger partial charge in [0.1, 0.15) is 0 Å². The number of ether oxygens (including phenoxy) is 2. The van der Waals surface area contributed by atoms with E-state index in [1.54, 1.807) is 7.05 Å². The van der Waals surface area contributed by atoms with Gasteiger partial charge in [-0.1, -0.05) is 0 Å². The molecule has 0 spiro atoms. The summed E-state index contributed by atoms with van der Waals surface area (Å²) in [6.45, 7) is 4.39.